The van der Waals surface area contributed by atoms with Crippen LogP contribution in [0.2, 0.25) is 0 Å². The quantitative estimate of drug-likeness (QED) is 0.451. The van der Waals surface area contributed by atoms with Crippen molar-refractivity contribution in [3.8, 4) is 0 Å². The fourth-order valence-corrected chi connectivity index (χ4v) is 3.95. The molecule has 2 heterocycles. The fraction of sp³-hybridized carbons (Fsp3) is 0.200. The number of rotatable bonds is 4. The van der Waals surface area contributed by atoms with Crippen LogP contribution < -0.4 is 4.90 Å². The minimum atomic E-state index is 0.196. The summed E-state index contributed by atoms with van der Waals surface area (Å²) in [7, 11) is 0. The molecule has 0 saturated carbocycles. The number of aryl methyl sites for hydroxylation is 1. The topological polar surface area (TPSA) is 33.2 Å². The van der Waals surface area contributed by atoms with E-state index in [1.54, 1.807) is 6.20 Å². The monoisotopic (exact) mass is 428 g/mol. The highest BCUT2D eigenvalue weighted by molar-refractivity contribution is 14.1. The maximum atomic E-state index is 12.3. The van der Waals surface area contributed by atoms with Gasteiger partial charge in [0.1, 0.15) is 0 Å². The number of benzene rings is 2. The number of amides is 1. The van der Waals surface area contributed by atoms with Gasteiger partial charge in [0.2, 0.25) is 5.91 Å². The first-order valence-corrected chi connectivity index (χ1v) is 9.21. The smallest absolute Gasteiger partial charge is 0.229 e. The molecular weight excluding hydrogens is 411 g/mol. The van der Waals surface area contributed by atoms with Gasteiger partial charge in [-0.05, 0) is 59.2 Å². The first-order chi connectivity index (χ1) is 11.7. The molecule has 2 aromatic carbocycles. The van der Waals surface area contributed by atoms with Gasteiger partial charge in [-0.25, -0.2) is 0 Å². The SMILES string of the molecule is O=C1C[C@H](CCc2ccccc2)N1c1ccc(I)c2cccnc12. The van der Waals surface area contributed by atoms with E-state index in [0.717, 1.165) is 33.0 Å². The van der Waals surface area contributed by atoms with Crippen LogP contribution in [0.3, 0.4) is 0 Å². The minimum absolute atomic E-state index is 0.196. The van der Waals surface area contributed by atoms with Crippen molar-refractivity contribution in [1.82, 2.24) is 4.98 Å². The first kappa shape index (κ1) is 15.6. The van der Waals surface area contributed by atoms with E-state index >= 15 is 0 Å². The second-order valence-corrected chi connectivity index (χ2v) is 7.27. The number of carbonyl (C=O) groups excluding carboxylic acids is 1. The Morgan fingerprint density at radius 2 is 1.92 bits per heavy atom. The van der Waals surface area contributed by atoms with Crippen LogP contribution >= 0.6 is 22.6 Å². The number of β-lactam (4-membered cyclic amide) rings is 1. The predicted molar refractivity (Wildman–Crippen MR) is 105 cm³/mol. The number of pyridine rings is 1. The summed E-state index contributed by atoms with van der Waals surface area (Å²) in [4.78, 5) is 18.7. The Morgan fingerprint density at radius 3 is 2.71 bits per heavy atom. The Labute approximate surface area is 154 Å². The largest absolute Gasteiger partial charge is 0.307 e. The van der Waals surface area contributed by atoms with E-state index in [0.29, 0.717) is 6.42 Å². The molecule has 0 N–H and O–H groups in total. The zero-order chi connectivity index (χ0) is 16.5. The van der Waals surface area contributed by atoms with E-state index in [-0.39, 0.29) is 11.9 Å². The van der Waals surface area contributed by atoms with E-state index < -0.39 is 0 Å². The maximum Gasteiger partial charge on any atom is 0.229 e. The van der Waals surface area contributed by atoms with Crippen LogP contribution in [-0.4, -0.2) is 16.9 Å². The molecule has 1 saturated heterocycles. The van der Waals surface area contributed by atoms with Crippen molar-refractivity contribution in [2.24, 2.45) is 0 Å². The van der Waals surface area contributed by atoms with E-state index in [1.807, 2.05) is 23.1 Å². The number of hydrogen-bond donors (Lipinski definition) is 0. The average Bonchev–Trinajstić information content (AvgIpc) is 2.62. The van der Waals surface area contributed by atoms with Crippen molar-refractivity contribution < 1.29 is 4.79 Å². The Kier molecular flexibility index (Phi) is 4.22. The highest BCUT2D eigenvalue weighted by atomic mass is 127. The molecule has 1 aliphatic heterocycles. The lowest BCUT2D eigenvalue weighted by atomic mass is 9.93. The average molecular weight is 428 g/mol. The summed E-state index contributed by atoms with van der Waals surface area (Å²) in [5, 5.41) is 1.11. The standard InChI is InChI=1S/C20H17IN2O/c21-17-10-11-18(20-16(17)7-4-12-22-20)23-15(13-19(23)24)9-8-14-5-2-1-3-6-14/h1-7,10-12,15H,8-9,13H2/t15-/m0/s1. The highest BCUT2D eigenvalue weighted by Crippen LogP contribution is 2.36. The van der Waals surface area contributed by atoms with Crippen LogP contribution in [0.25, 0.3) is 10.9 Å². The zero-order valence-corrected chi connectivity index (χ0v) is 15.3. The molecule has 3 nitrogen and oxygen atoms in total. The van der Waals surface area contributed by atoms with Crippen LogP contribution in [0, 0.1) is 3.57 Å². The molecule has 0 spiro atoms. The van der Waals surface area contributed by atoms with Crippen molar-refractivity contribution in [2.75, 3.05) is 4.90 Å². The molecule has 0 unspecified atom stereocenters. The van der Waals surface area contributed by atoms with Gasteiger partial charge in [0.05, 0.1) is 11.2 Å². The lowest BCUT2D eigenvalue weighted by molar-refractivity contribution is -0.124. The second-order valence-electron chi connectivity index (χ2n) is 6.11. The van der Waals surface area contributed by atoms with Gasteiger partial charge in [-0.3, -0.25) is 9.78 Å². The molecule has 1 atom stereocenters. The van der Waals surface area contributed by atoms with E-state index in [4.69, 9.17) is 0 Å². The van der Waals surface area contributed by atoms with Gasteiger partial charge in [0, 0.05) is 27.6 Å². The van der Waals surface area contributed by atoms with E-state index in [1.165, 1.54) is 5.56 Å². The first-order valence-electron chi connectivity index (χ1n) is 8.13. The second kappa shape index (κ2) is 6.51. The van der Waals surface area contributed by atoms with Crippen molar-refractivity contribution in [3.63, 3.8) is 0 Å². The lowest BCUT2D eigenvalue weighted by Gasteiger charge is -2.41. The number of aromatic nitrogens is 1. The van der Waals surface area contributed by atoms with E-state index in [9.17, 15) is 4.79 Å². The molecule has 0 radical (unpaired) electrons. The summed E-state index contributed by atoms with van der Waals surface area (Å²) in [5.41, 5.74) is 3.19. The number of carbonyl (C=O) groups is 1. The maximum absolute atomic E-state index is 12.3. The molecule has 1 aliphatic rings. The molecule has 0 bridgehead atoms. The number of hydrogen-bond acceptors (Lipinski definition) is 2. The fourth-order valence-electron chi connectivity index (χ4n) is 3.34. The molecule has 4 heteroatoms. The van der Waals surface area contributed by atoms with Gasteiger partial charge in [-0.2, -0.15) is 0 Å². The third-order valence-corrected chi connectivity index (χ3v) is 5.55. The third kappa shape index (κ3) is 2.79. The number of nitrogens with zero attached hydrogens (tertiary/aromatic N) is 2. The summed E-state index contributed by atoms with van der Waals surface area (Å²) >= 11 is 2.32. The molecule has 1 aromatic heterocycles. The highest BCUT2D eigenvalue weighted by Gasteiger charge is 2.37. The van der Waals surface area contributed by atoms with Crippen molar-refractivity contribution in [3.05, 3.63) is 69.9 Å². The van der Waals surface area contributed by atoms with Crippen LogP contribution in [0.5, 0.6) is 0 Å². The van der Waals surface area contributed by atoms with Crippen LogP contribution in [-0.2, 0) is 11.2 Å². The Hall–Kier alpha value is -1.95. The molecule has 1 fully saturated rings. The summed E-state index contributed by atoms with van der Waals surface area (Å²) in [5.74, 6) is 0.196. The zero-order valence-electron chi connectivity index (χ0n) is 13.2. The summed E-state index contributed by atoms with van der Waals surface area (Å²) < 4.78 is 1.16. The lowest BCUT2D eigenvalue weighted by Crippen LogP contribution is -2.53. The van der Waals surface area contributed by atoms with Gasteiger partial charge in [-0.15, -0.1) is 0 Å². The number of halogens is 1. The summed E-state index contributed by atoms with van der Waals surface area (Å²) in [6.07, 6.45) is 4.40. The van der Waals surface area contributed by atoms with Gasteiger partial charge < -0.3 is 4.90 Å². The van der Waals surface area contributed by atoms with Crippen molar-refractivity contribution in [1.29, 1.82) is 0 Å². The normalized spacial score (nSPS) is 17.1. The van der Waals surface area contributed by atoms with Gasteiger partial charge in [-0.1, -0.05) is 36.4 Å². The van der Waals surface area contributed by atoms with Gasteiger partial charge >= 0.3 is 0 Å². The van der Waals surface area contributed by atoms with Crippen LogP contribution in [0.1, 0.15) is 18.4 Å². The molecule has 120 valence electrons. The minimum Gasteiger partial charge on any atom is -0.307 e. The molecule has 1 amide bonds. The summed E-state index contributed by atoms with van der Waals surface area (Å²) in [6, 6.07) is 18.8. The molecule has 4 rings (SSSR count). The van der Waals surface area contributed by atoms with Crippen LogP contribution in [0.4, 0.5) is 5.69 Å². The van der Waals surface area contributed by atoms with Gasteiger partial charge in [0.25, 0.3) is 0 Å². The molecular formula is C20H17IN2O. The molecule has 3 aromatic rings. The molecule has 0 aliphatic carbocycles. The predicted octanol–water partition coefficient (Wildman–Crippen LogP) is 4.58. The van der Waals surface area contributed by atoms with Crippen molar-refractivity contribution >= 4 is 45.1 Å². The Balaban J connectivity index is 1.61. The molecule has 24 heavy (non-hydrogen) atoms. The number of anilines is 1. The Morgan fingerprint density at radius 1 is 1.08 bits per heavy atom. The number of fused-ring (bicyclic) bond motifs is 1. The van der Waals surface area contributed by atoms with E-state index in [2.05, 4.69) is 64.0 Å². The van der Waals surface area contributed by atoms with Crippen LogP contribution in [0.15, 0.2) is 60.8 Å². The third-order valence-electron chi connectivity index (χ3n) is 4.61. The summed E-state index contributed by atoms with van der Waals surface area (Å²) in [6.45, 7) is 0. The Bertz CT molecular complexity index is 895. The van der Waals surface area contributed by atoms with Gasteiger partial charge in [0.15, 0.2) is 0 Å². The van der Waals surface area contributed by atoms with Crippen molar-refractivity contribution in [2.45, 2.75) is 25.3 Å².